The standard InChI is InChI=1S/C27H36N2O13P2/c1-20(25(32)38-18-21-10-4-2-5-11-21)29-23(30)14-8-15-24(31)40-27(41-43(34)35,42-44(36)37)16-9-17-28-26(33)39-19-22-12-6-3-7-13-22/h2-7,10-13,20,43-44H,8-9,14-19H2,1H3,(H,28,33)(H,29,30)(H,34,35)(H,36,37)/t20-/m0/s1. The van der Waals surface area contributed by atoms with Gasteiger partial charge in [0.15, 0.2) is 0 Å². The largest absolute Gasteiger partial charge is 0.459 e. The van der Waals surface area contributed by atoms with Gasteiger partial charge in [0.2, 0.25) is 5.91 Å². The Hall–Kier alpha value is -3.58. The normalized spacial score (nSPS) is 14.2. The maximum Gasteiger partial charge on any atom is 0.407 e. The fourth-order valence-corrected chi connectivity index (χ4v) is 4.58. The average Bonchev–Trinajstić information content (AvgIpc) is 2.97. The maximum atomic E-state index is 12.5. The van der Waals surface area contributed by atoms with Crippen LogP contribution < -0.4 is 10.6 Å². The van der Waals surface area contributed by atoms with Crippen LogP contribution in [0, 0.1) is 0 Å². The SMILES string of the molecule is C[C@H](NC(=O)CCCC(=O)OC(CCCNC(=O)OCc1ccccc1)(O[PH](=O)O)O[PH](=O)O)C(=O)OCc1ccccc1. The van der Waals surface area contributed by atoms with Crippen LogP contribution in [0.4, 0.5) is 4.79 Å². The zero-order chi connectivity index (χ0) is 32.4. The summed E-state index contributed by atoms with van der Waals surface area (Å²) >= 11 is 0. The third-order valence-electron chi connectivity index (χ3n) is 5.64. The predicted molar refractivity (Wildman–Crippen MR) is 155 cm³/mol. The van der Waals surface area contributed by atoms with E-state index in [0.717, 1.165) is 11.1 Å². The molecule has 0 fully saturated rings. The summed E-state index contributed by atoms with van der Waals surface area (Å²) in [6.45, 7) is 1.38. The molecule has 2 rings (SSSR count). The second-order valence-corrected chi connectivity index (χ2v) is 10.7. The number of amides is 2. The van der Waals surface area contributed by atoms with E-state index in [0.29, 0.717) is 0 Å². The zero-order valence-corrected chi connectivity index (χ0v) is 25.9. The minimum absolute atomic E-state index is 0.00862. The number of alkyl carbamates (subject to hydrolysis) is 1. The van der Waals surface area contributed by atoms with Crippen molar-refractivity contribution in [1.29, 1.82) is 0 Å². The smallest absolute Gasteiger partial charge is 0.407 e. The molecule has 2 aromatic carbocycles. The first kappa shape index (κ1) is 36.6. The highest BCUT2D eigenvalue weighted by atomic mass is 31.1. The van der Waals surface area contributed by atoms with Gasteiger partial charge < -0.3 is 34.6 Å². The predicted octanol–water partition coefficient (Wildman–Crippen LogP) is 3.11. The summed E-state index contributed by atoms with van der Waals surface area (Å²) in [4.78, 5) is 67.4. The second-order valence-electron chi connectivity index (χ2n) is 9.22. The number of hydrogen-bond acceptors (Lipinski definition) is 11. The first-order valence-electron chi connectivity index (χ1n) is 13.5. The Labute approximate surface area is 255 Å². The molecule has 2 amide bonds. The Balaban J connectivity index is 1.80. The minimum atomic E-state index is -3.86. The van der Waals surface area contributed by atoms with Crippen LogP contribution in [0.2, 0.25) is 0 Å². The van der Waals surface area contributed by atoms with Crippen molar-refractivity contribution in [2.45, 2.75) is 64.3 Å². The Morgan fingerprint density at radius 2 is 1.36 bits per heavy atom. The van der Waals surface area contributed by atoms with E-state index < -0.39 is 65.3 Å². The van der Waals surface area contributed by atoms with Crippen LogP contribution in [0.25, 0.3) is 0 Å². The number of rotatable bonds is 19. The van der Waals surface area contributed by atoms with Gasteiger partial charge in [-0.15, -0.1) is 0 Å². The molecule has 0 saturated heterocycles. The molecule has 15 nitrogen and oxygen atoms in total. The van der Waals surface area contributed by atoms with Gasteiger partial charge in [0.1, 0.15) is 19.3 Å². The van der Waals surface area contributed by atoms with Crippen molar-refractivity contribution < 1.29 is 61.4 Å². The van der Waals surface area contributed by atoms with Crippen molar-refractivity contribution in [3.63, 3.8) is 0 Å². The summed E-state index contributed by atoms with van der Waals surface area (Å²) in [7, 11) is -7.71. The van der Waals surface area contributed by atoms with Gasteiger partial charge in [0, 0.05) is 25.8 Å². The number of esters is 2. The first-order valence-corrected chi connectivity index (χ1v) is 16.0. The summed E-state index contributed by atoms with van der Waals surface area (Å²) in [6, 6.07) is 16.9. The minimum Gasteiger partial charge on any atom is -0.459 e. The van der Waals surface area contributed by atoms with Crippen molar-refractivity contribution in [3.8, 4) is 0 Å². The number of carbonyl (C=O) groups is 4. The Bertz CT molecular complexity index is 1250. The molecule has 44 heavy (non-hydrogen) atoms. The Kier molecular flexibility index (Phi) is 16.3. The van der Waals surface area contributed by atoms with Crippen LogP contribution in [0.5, 0.6) is 0 Å². The van der Waals surface area contributed by atoms with Gasteiger partial charge in [0.25, 0.3) is 0 Å². The van der Waals surface area contributed by atoms with E-state index in [9.17, 15) is 38.1 Å². The monoisotopic (exact) mass is 658 g/mol. The summed E-state index contributed by atoms with van der Waals surface area (Å²) in [5, 5.41) is 4.87. The molecule has 0 aromatic heterocycles. The molecule has 4 N–H and O–H groups in total. The number of nitrogens with one attached hydrogen (secondary N) is 2. The van der Waals surface area contributed by atoms with Crippen molar-refractivity contribution in [3.05, 3.63) is 71.8 Å². The molecule has 2 unspecified atom stereocenters. The molecule has 0 aliphatic rings. The van der Waals surface area contributed by atoms with Gasteiger partial charge in [-0.25, -0.2) is 18.6 Å². The van der Waals surface area contributed by atoms with E-state index in [2.05, 4.69) is 10.6 Å². The van der Waals surface area contributed by atoms with E-state index in [1.54, 1.807) is 54.6 Å². The van der Waals surface area contributed by atoms with Gasteiger partial charge in [-0.3, -0.25) is 18.7 Å². The molecule has 0 radical (unpaired) electrons. The highest BCUT2D eigenvalue weighted by molar-refractivity contribution is 7.33. The molecule has 0 bridgehead atoms. The molecule has 0 aliphatic heterocycles. The van der Waals surface area contributed by atoms with E-state index >= 15 is 0 Å². The van der Waals surface area contributed by atoms with E-state index in [-0.39, 0.29) is 39.0 Å². The second kappa shape index (κ2) is 19.6. The molecule has 0 heterocycles. The summed E-state index contributed by atoms with van der Waals surface area (Å²) < 4.78 is 47.6. The number of benzene rings is 2. The lowest BCUT2D eigenvalue weighted by Gasteiger charge is -2.30. The van der Waals surface area contributed by atoms with Crippen LogP contribution in [-0.2, 0) is 60.0 Å². The first-order chi connectivity index (χ1) is 21.0. The fraction of sp³-hybridized carbons (Fsp3) is 0.407. The van der Waals surface area contributed by atoms with Gasteiger partial charge in [0.05, 0.1) is 0 Å². The third kappa shape index (κ3) is 15.2. The van der Waals surface area contributed by atoms with E-state index in [1.807, 2.05) is 6.07 Å². The van der Waals surface area contributed by atoms with Crippen LogP contribution in [0.15, 0.2) is 60.7 Å². The lowest BCUT2D eigenvalue weighted by molar-refractivity contribution is -0.289. The van der Waals surface area contributed by atoms with Crippen LogP contribution in [0.3, 0.4) is 0 Å². The van der Waals surface area contributed by atoms with Crippen molar-refractivity contribution in [1.82, 2.24) is 10.6 Å². The van der Waals surface area contributed by atoms with Gasteiger partial charge in [-0.2, -0.15) is 0 Å². The van der Waals surface area contributed by atoms with E-state index in [4.69, 9.17) is 23.3 Å². The molecule has 0 spiro atoms. The molecule has 2 aromatic rings. The highest BCUT2D eigenvalue weighted by Gasteiger charge is 2.40. The topological polar surface area (TPSA) is 213 Å². The van der Waals surface area contributed by atoms with Crippen molar-refractivity contribution in [2.24, 2.45) is 0 Å². The van der Waals surface area contributed by atoms with E-state index in [1.165, 1.54) is 6.92 Å². The van der Waals surface area contributed by atoms with Crippen LogP contribution in [0.1, 0.15) is 50.2 Å². The number of hydrogen-bond donors (Lipinski definition) is 4. The third-order valence-corrected chi connectivity index (χ3v) is 6.61. The zero-order valence-electron chi connectivity index (χ0n) is 23.9. The molecule has 3 atom stereocenters. The quantitative estimate of drug-likeness (QED) is 0.0562. The molecular weight excluding hydrogens is 622 g/mol. The van der Waals surface area contributed by atoms with Gasteiger partial charge >= 0.3 is 40.5 Å². The lowest BCUT2D eigenvalue weighted by Crippen LogP contribution is -2.40. The summed E-state index contributed by atoms with van der Waals surface area (Å²) in [5.41, 5.74) is 1.53. The highest BCUT2D eigenvalue weighted by Crippen LogP contribution is 2.39. The maximum absolute atomic E-state index is 12.5. The van der Waals surface area contributed by atoms with Crippen LogP contribution in [-0.4, -0.2) is 52.3 Å². The van der Waals surface area contributed by atoms with Crippen molar-refractivity contribution in [2.75, 3.05) is 6.54 Å². The fourth-order valence-electron chi connectivity index (χ4n) is 3.60. The molecule has 0 aliphatic carbocycles. The Morgan fingerprint density at radius 1 is 0.818 bits per heavy atom. The molecule has 0 saturated carbocycles. The molecule has 242 valence electrons. The van der Waals surface area contributed by atoms with Gasteiger partial charge in [-0.05, 0) is 30.9 Å². The van der Waals surface area contributed by atoms with Gasteiger partial charge in [-0.1, -0.05) is 60.7 Å². The molecule has 17 heteroatoms. The lowest BCUT2D eigenvalue weighted by atomic mass is 10.2. The number of ether oxygens (including phenoxy) is 3. The van der Waals surface area contributed by atoms with Crippen LogP contribution >= 0.6 is 16.5 Å². The summed E-state index contributed by atoms with van der Waals surface area (Å²) in [5.74, 6) is -5.00. The Morgan fingerprint density at radius 3 is 1.91 bits per heavy atom. The van der Waals surface area contributed by atoms with Crippen molar-refractivity contribution >= 4 is 40.4 Å². The number of carbonyl (C=O) groups excluding carboxylic acids is 4. The summed E-state index contributed by atoms with van der Waals surface area (Å²) in [6.07, 6.45) is -2.10. The molecular formula is C27H36N2O13P2. The average molecular weight is 659 g/mol.